The Morgan fingerprint density at radius 1 is 1.21 bits per heavy atom. The van der Waals surface area contributed by atoms with E-state index in [1.807, 2.05) is 22.8 Å². The highest BCUT2D eigenvalue weighted by Gasteiger charge is 2.53. The SMILES string of the molecule is O=C(O)[C@@H]1CN(C(=O)NCc2ccccc2Cn2ccnc2)C[C@H]1C(F)(F)F. The average molecular weight is 396 g/mol. The normalized spacial score (nSPS) is 19.6. The number of halogens is 3. The number of hydrogen-bond acceptors (Lipinski definition) is 3. The molecule has 1 aromatic heterocycles. The molecule has 0 unspecified atom stereocenters. The molecule has 3 rings (SSSR count). The Bertz CT molecular complexity index is 839. The Morgan fingerprint density at radius 3 is 2.50 bits per heavy atom. The second kappa shape index (κ2) is 7.91. The summed E-state index contributed by atoms with van der Waals surface area (Å²) in [5.74, 6) is -5.27. The van der Waals surface area contributed by atoms with Gasteiger partial charge in [-0.3, -0.25) is 4.79 Å². The van der Waals surface area contributed by atoms with Crippen molar-refractivity contribution in [3.63, 3.8) is 0 Å². The number of urea groups is 1. The number of hydrogen-bond donors (Lipinski definition) is 2. The van der Waals surface area contributed by atoms with Gasteiger partial charge in [0.2, 0.25) is 0 Å². The molecule has 1 fully saturated rings. The summed E-state index contributed by atoms with van der Waals surface area (Å²) in [5, 5.41) is 11.6. The Morgan fingerprint density at radius 2 is 1.93 bits per heavy atom. The zero-order valence-electron chi connectivity index (χ0n) is 14.8. The largest absolute Gasteiger partial charge is 0.481 e. The molecule has 0 aliphatic carbocycles. The van der Waals surface area contributed by atoms with Gasteiger partial charge in [-0.1, -0.05) is 24.3 Å². The summed E-state index contributed by atoms with van der Waals surface area (Å²) in [6.07, 6.45) is 0.426. The lowest BCUT2D eigenvalue weighted by Crippen LogP contribution is -2.39. The van der Waals surface area contributed by atoms with Crippen LogP contribution in [0.1, 0.15) is 11.1 Å². The van der Waals surface area contributed by atoms with Gasteiger partial charge in [-0.15, -0.1) is 0 Å². The molecule has 2 atom stereocenters. The van der Waals surface area contributed by atoms with E-state index in [1.165, 1.54) is 0 Å². The van der Waals surface area contributed by atoms with Crippen molar-refractivity contribution in [1.82, 2.24) is 19.8 Å². The Hall–Kier alpha value is -3.04. The lowest BCUT2D eigenvalue weighted by Gasteiger charge is -2.19. The van der Waals surface area contributed by atoms with Crippen LogP contribution < -0.4 is 5.32 Å². The number of amides is 2. The van der Waals surface area contributed by atoms with Crippen molar-refractivity contribution in [1.29, 1.82) is 0 Å². The van der Waals surface area contributed by atoms with Crippen LogP contribution >= 0.6 is 0 Å². The van der Waals surface area contributed by atoms with Gasteiger partial charge < -0.3 is 19.9 Å². The highest BCUT2D eigenvalue weighted by atomic mass is 19.4. The molecule has 1 aliphatic rings. The number of rotatable bonds is 5. The predicted octanol–water partition coefficient (Wildman–Crippen LogP) is 2.34. The van der Waals surface area contributed by atoms with E-state index < -0.39 is 43.1 Å². The molecule has 2 amide bonds. The summed E-state index contributed by atoms with van der Waals surface area (Å²) in [6.45, 7) is -0.480. The van der Waals surface area contributed by atoms with E-state index in [0.717, 1.165) is 16.0 Å². The zero-order valence-corrected chi connectivity index (χ0v) is 14.8. The summed E-state index contributed by atoms with van der Waals surface area (Å²) in [4.78, 5) is 28.3. The molecule has 2 aromatic rings. The summed E-state index contributed by atoms with van der Waals surface area (Å²) in [5.41, 5.74) is 1.74. The van der Waals surface area contributed by atoms with E-state index in [2.05, 4.69) is 10.3 Å². The fourth-order valence-electron chi connectivity index (χ4n) is 3.30. The van der Waals surface area contributed by atoms with Crippen LogP contribution in [0.25, 0.3) is 0 Å². The number of aliphatic carboxylic acids is 1. The summed E-state index contributed by atoms with van der Waals surface area (Å²) < 4.78 is 41.0. The van der Waals surface area contributed by atoms with E-state index in [-0.39, 0.29) is 6.54 Å². The van der Waals surface area contributed by atoms with Crippen molar-refractivity contribution in [2.24, 2.45) is 11.8 Å². The molecule has 150 valence electrons. The van der Waals surface area contributed by atoms with Gasteiger partial charge in [-0.05, 0) is 11.1 Å². The van der Waals surface area contributed by atoms with E-state index in [4.69, 9.17) is 5.11 Å². The van der Waals surface area contributed by atoms with Gasteiger partial charge in [0.05, 0.1) is 18.2 Å². The second-order valence-electron chi connectivity index (χ2n) is 6.66. The molecule has 0 saturated carbocycles. The lowest BCUT2D eigenvalue weighted by molar-refractivity contribution is -0.187. The highest BCUT2D eigenvalue weighted by molar-refractivity contribution is 5.77. The molecule has 0 spiro atoms. The van der Waals surface area contributed by atoms with E-state index >= 15 is 0 Å². The zero-order chi connectivity index (χ0) is 20.3. The highest BCUT2D eigenvalue weighted by Crippen LogP contribution is 2.37. The van der Waals surface area contributed by atoms with Crippen LogP contribution in [0.5, 0.6) is 0 Å². The average Bonchev–Trinajstić information content (AvgIpc) is 3.30. The molecule has 0 radical (unpaired) electrons. The number of imidazole rings is 1. The monoisotopic (exact) mass is 396 g/mol. The van der Waals surface area contributed by atoms with Crippen LogP contribution in [0.3, 0.4) is 0 Å². The fourth-order valence-corrected chi connectivity index (χ4v) is 3.30. The smallest absolute Gasteiger partial charge is 0.394 e. The lowest BCUT2D eigenvalue weighted by atomic mass is 9.96. The van der Waals surface area contributed by atoms with Crippen LogP contribution in [-0.2, 0) is 17.9 Å². The van der Waals surface area contributed by atoms with Gasteiger partial charge in [-0.2, -0.15) is 13.2 Å². The van der Waals surface area contributed by atoms with Crippen LogP contribution in [0, 0.1) is 11.8 Å². The number of alkyl halides is 3. The number of nitrogens with one attached hydrogen (secondary N) is 1. The molecular weight excluding hydrogens is 377 g/mol. The third kappa shape index (κ3) is 4.44. The van der Waals surface area contributed by atoms with Crippen molar-refractivity contribution in [3.05, 3.63) is 54.1 Å². The topological polar surface area (TPSA) is 87.5 Å². The number of carboxylic acids is 1. The number of nitrogens with zero attached hydrogens (tertiary/aromatic N) is 3. The maximum absolute atomic E-state index is 13.1. The Labute approximate surface area is 158 Å². The van der Waals surface area contributed by atoms with Gasteiger partial charge in [0, 0.05) is 38.6 Å². The van der Waals surface area contributed by atoms with E-state index in [1.54, 1.807) is 24.8 Å². The minimum Gasteiger partial charge on any atom is -0.481 e. The van der Waals surface area contributed by atoms with Gasteiger partial charge in [0.1, 0.15) is 0 Å². The number of likely N-dealkylation sites (tertiary alicyclic amines) is 1. The van der Waals surface area contributed by atoms with Crippen molar-refractivity contribution in [3.8, 4) is 0 Å². The molecular formula is C18H19F3N4O3. The van der Waals surface area contributed by atoms with Gasteiger partial charge in [0.25, 0.3) is 0 Å². The predicted molar refractivity (Wildman–Crippen MR) is 92.3 cm³/mol. The molecule has 1 saturated heterocycles. The molecule has 10 heteroatoms. The van der Waals surface area contributed by atoms with Gasteiger partial charge in [0.15, 0.2) is 0 Å². The molecule has 1 aliphatic heterocycles. The molecule has 1 aromatic carbocycles. The number of carbonyl (C=O) groups is 2. The van der Waals surface area contributed by atoms with Crippen LogP contribution in [-0.4, -0.2) is 50.8 Å². The fraction of sp³-hybridized carbons (Fsp3) is 0.389. The van der Waals surface area contributed by atoms with Crippen molar-refractivity contribution in [2.75, 3.05) is 13.1 Å². The molecule has 7 nitrogen and oxygen atoms in total. The summed E-state index contributed by atoms with van der Waals surface area (Å²) in [6, 6.07) is 6.64. The second-order valence-corrected chi connectivity index (χ2v) is 6.66. The first kappa shape index (κ1) is 19.7. The first-order valence-electron chi connectivity index (χ1n) is 8.60. The minimum absolute atomic E-state index is 0.120. The van der Waals surface area contributed by atoms with Crippen molar-refractivity contribution >= 4 is 12.0 Å². The summed E-state index contributed by atoms with van der Waals surface area (Å²) >= 11 is 0. The third-order valence-corrected chi connectivity index (χ3v) is 4.81. The van der Waals surface area contributed by atoms with Gasteiger partial charge in [-0.25, -0.2) is 9.78 Å². The molecule has 2 N–H and O–H groups in total. The van der Waals surface area contributed by atoms with Gasteiger partial charge >= 0.3 is 18.2 Å². The Balaban J connectivity index is 1.64. The number of benzene rings is 1. The first-order valence-corrected chi connectivity index (χ1v) is 8.60. The summed E-state index contributed by atoms with van der Waals surface area (Å²) in [7, 11) is 0. The first-order chi connectivity index (χ1) is 13.3. The van der Waals surface area contributed by atoms with Crippen LogP contribution in [0.15, 0.2) is 43.0 Å². The number of carboxylic acid groups (broad SMARTS) is 1. The standard InChI is InChI=1S/C18H19F3N4O3/c19-18(20,21)15-10-25(9-14(15)16(26)27)17(28)23-7-12-3-1-2-4-13(12)8-24-6-5-22-11-24/h1-6,11,14-15H,7-10H2,(H,23,28)(H,26,27)/t14-,15-/m1/s1. The minimum atomic E-state index is -4.67. The van der Waals surface area contributed by atoms with Crippen molar-refractivity contribution in [2.45, 2.75) is 19.3 Å². The van der Waals surface area contributed by atoms with Crippen LogP contribution in [0.2, 0.25) is 0 Å². The molecule has 2 heterocycles. The maximum Gasteiger partial charge on any atom is 0.394 e. The third-order valence-electron chi connectivity index (χ3n) is 4.81. The van der Waals surface area contributed by atoms with E-state index in [9.17, 15) is 22.8 Å². The quantitative estimate of drug-likeness (QED) is 0.812. The molecule has 0 bridgehead atoms. The number of aromatic nitrogens is 2. The van der Waals surface area contributed by atoms with E-state index in [0.29, 0.717) is 6.54 Å². The molecule has 28 heavy (non-hydrogen) atoms. The Kier molecular flexibility index (Phi) is 5.57. The van der Waals surface area contributed by atoms with Crippen molar-refractivity contribution < 1.29 is 27.9 Å². The maximum atomic E-state index is 13.1. The number of carbonyl (C=O) groups excluding carboxylic acids is 1. The van der Waals surface area contributed by atoms with Crippen LogP contribution in [0.4, 0.5) is 18.0 Å².